The zero-order chi connectivity index (χ0) is 46.1. The van der Waals surface area contributed by atoms with Crippen molar-refractivity contribution in [1.82, 2.24) is 0 Å². The van der Waals surface area contributed by atoms with E-state index in [1.54, 1.807) is 0 Å². The van der Waals surface area contributed by atoms with E-state index in [9.17, 15) is 0 Å². The number of aryl methyl sites for hydroxylation is 2. The summed E-state index contributed by atoms with van der Waals surface area (Å²) in [5.41, 5.74) is 7.21. The molecule has 0 bridgehead atoms. The molecule has 0 spiro atoms. The molecule has 3 aromatic rings. The molecule has 3 rings (SSSR count). The number of hydrogen-bond donors (Lipinski definition) is 0. The summed E-state index contributed by atoms with van der Waals surface area (Å²) in [6, 6.07) is 22.8. The maximum absolute atomic E-state index is 6.76. The van der Waals surface area contributed by atoms with Crippen LogP contribution in [0.3, 0.4) is 0 Å². The van der Waals surface area contributed by atoms with E-state index >= 15 is 0 Å². The van der Waals surface area contributed by atoms with Crippen LogP contribution in [-0.4, -0.2) is 50.0 Å². The maximum atomic E-state index is 6.76. The second-order valence-corrected chi connectivity index (χ2v) is 34.4. The van der Waals surface area contributed by atoms with Crippen LogP contribution >= 0.6 is 0 Å². The third-order valence-electron chi connectivity index (χ3n) is 11.7. The fourth-order valence-corrected chi connectivity index (χ4v) is 23.3. The fourth-order valence-electron chi connectivity index (χ4n) is 8.36. The van der Waals surface area contributed by atoms with Crippen LogP contribution in [0.4, 0.5) is 0 Å². The zero-order valence-corrected chi connectivity index (χ0v) is 46.9. The molecule has 0 aliphatic carbocycles. The van der Waals surface area contributed by atoms with E-state index in [1.807, 2.05) is 41.5 Å². The van der Waals surface area contributed by atoms with E-state index in [2.05, 4.69) is 134 Å². The van der Waals surface area contributed by atoms with Gasteiger partial charge in [-0.25, -0.2) is 0 Å². The number of benzene rings is 3. The van der Waals surface area contributed by atoms with E-state index in [1.165, 1.54) is 75.3 Å². The minimum atomic E-state index is -3.07. The topological polar surface area (TPSA) is 18.5 Å². The van der Waals surface area contributed by atoms with Crippen LogP contribution in [0.25, 0.3) is 22.3 Å². The van der Waals surface area contributed by atoms with Crippen LogP contribution in [0.5, 0.6) is 11.5 Å². The van der Waals surface area contributed by atoms with Gasteiger partial charge in [0.25, 0.3) is 0 Å². The second kappa shape index (κ2) is 32.8. The molecule has 2 nitrogen and oxygen atoms in total. The molecule has 3 aromatic carbocycles. The van der Waals surface area contributed by atoms with E-state index in [0.717, 1.165) is 94.0 Å². The zero-order valence-electron chi connectivity index (χ0n) is 41.1. The molecule has 0 aliphatic rings. The van der Waals surface area contributed by atoms with Crippen molar-refractivity contribution in [2.75, 3.05) is 13.2 Å². The molecular formula is C60H78O2Sn2. The monoisotopic (exact) mass is 1070 g/mol. The first-order valence-corrected chi connectivity index (χ1v) is 37.2. The van der Waals surface area contributed by atoms with Crippen molar-refractivity contribution in [2.24, 2.45) is 0 Å². The van der Waals surface area contributed by atoms with Crippen LogP contribution in [0.15, 0.2) is 60.7 Å². The summed E-state index contributed by atoms with van der Waals surface area (Å²) in [6.07, 6.45) is 21.2. The Kier molecular flexibility index (Phi) is 28.0. The van der Waals surface area contributed by atoms with Gasteiger partial charge < -0.3 is 0 Å². The number of hydrogen-bond acceptors (Lipinski definition) is 2. The fraction of sp³-hybridized carbons (Fsp3) is 0.500. The van der Waals surface area contributed by atoms with Gasteiger partial charge >= 0.3 is 313 Å². The normalized spacial score (nSPS) is 10.5. The summed E-state index contributed by atoms with van der Waals surface area (Å²) < 4.78 is 36.7. The van der Waals surface area contributed by atoms with Gasteiger partial charge in [-0.15, -0.1) is 0 Å². The second-order valence-electron chi connectivity index (χ2n) is 16.9. The third kappa shape index (κ3) is 19.8. The third-order valence-corrected chi connectivity index (χ3v) is 29.6. The summed E-state index contributed by atoms with van der Waals surface area (Å²) in [7, 11) is 0. The quantitative estimate of drug-likeness (QED) is 0.0410. The predicted octanol–water partition coefficient (Wildman–Crippen LogP) is 15.4. The van der Waals surface area contributed by atoms with E-state index in [0.29, 0.717) is 13.2 Å². The molecule has 0 unspecified atom stereocenters. The van der Waals surface area contributed by atoms with Gasteiger partial charge in [0, 0.05) is 0 Å². The molecule has 0 saturated carbocycles. The van der Waals surface area contributed by atoms with Crippen molar-refractivity contribution in [2.45, 2.75) is 180 Å². The standard InChI is InChI=1S/C42H60O2.6C3H3.2Sn/c1-5-9-13-15-17-19-31-43-41-33-40(38-29-25-36(26-30-38)22-12-8-4)42(44-32-20-18-16-14-10-6-2)34-39(41)37-27-23-35(24-28-37)21-11-7-3;6*1-3-2;;/h23-30,33-34H,3-22,31-32H2,1-2H3;6*1H3;;. The van der Waals surface area contributed by atoms with Gasteiger partial charge in [-0.2, -0.15) is 0 Å². The predicted molar refractivity (Wildman–Crippen MR) is 283 cm³/mol. The molecule has 0 N–H and O–H groups in total. The first-order chi connectivity index (χ1) is 31.4. The van der Waals surface area contributed by atoms with Crippen molar-refractivity contribution in [3.05, 3.63) is 71.8 Å². The molecule has 0 saturated heterocycles. The summed E-state index contributed by atoms with van der Waals surface area (Å²) in [6.45, 7) is 17.5. The molecule has 4 heteroatoms. The molecule has 0 fully saturated rings. The van der Waals surface area contributed by atoms with Crippen LogP contribution in [-0.2, 0) is 12.8 Å². The molecule has 64 heavy (non-hydrogen) atoms. The molecule has 338 valence electrons. The van der Waals surface area contributed by atoms with Crippen molar-refractivity contribution in [1.29, 1.82) is 0 Å². The Morgan fingerprint density at radius 2 is 0.688 bits per heavy atom. The number of unbranched alkanes of at least 4 members (excludes halogenated alkanes) is 12. The Hall–Kier alpha value is -3.78. The average Bonchev–Trinajstić information content (AvgIpc) is 3.30. The van der Waals surface area contributed by atoms with Gasteiger partial charge in [0.1, 0.15) is 0 Å². The Balaban J connectivity index is 1.91. The Bertz CT molecular complexity index is 1950. The van der Waals surface area contributed by atoms with Crippen molar-refractivity contribution in [3.63, 3.8) is 0 Å². The van der Waals surface area contributed by atoms with Crippen LogP contribution in [0.1, 0.15) is 169 Å². The van der Waals surface area contributed by atoms with E-state index < -0.39 is 36.8 Å². The molecule has 0 amide bonds. The first kappa shape index (κ1) is 54.6. The summed E-state index contributed by atoms with van der Waals surface area (Å²) >= 11 is -6.14. The molecule has 0 radical (unpaired) electrons. The summed E-state index contributed by atoms with van der Waals surface area (Å²) in [4.78, 5) is 0. The van der Waals surface area contributed by atoms with Crippen molar-refractivity contribution < 1.29 is 9.47 Å². The van der Waals surface area contributed by atoms with Crippen molar-refractivity contribution in [3.8, 4) is 92.9 Å². The SMILES string of the molecule is CC#[C][Sn]([C]#CC)([C]#CC)[CH2]CCCc1ccc(-c2cc(OCCCCCCCC)c(-c3ccc(CCC[CH2][Sn]([C]#CC)([C]#CC)[C]#CC)cc3)cc2OCCCCCCCC)cc1. The van der Waals surface area contributed by atoms with Crippen LogP contribution < -0.4 is 9.47 Å². The van der Waals surface area contributed by atoms with Crippen molar-refractivity contribution >= 4 is 36.8 Å². The van der Waals surface area contributed by atoms with E-state index in [-0.39, 0.29) is 0 Å². The Labute approximate surface area is 400 Å². The Morgan fingerprint density at radius 1 is 0.375 bits per heavy atom. The van der Waals surface area contributed by atoms with E-state index in [4.69, 9.17) is 9.47 Å². The molecule has 0 aromatic heterocycles. The van der Waals surface area contributed by atoms with Gasteiger partial charge in [-0.05, 0) is 12.8 Å². The van der Waals surface area contributed by atoms with Gasteiger partial charge in [0.05, 0.1) is 0 Å². The number of rotatable bonds is 28. The molecule has 0 aliphatic heterocycles. The summed E-state index contributed by atoms with van der Waals surface area (Å²) in [5, 5.41) is 0. The summed E-state index contributed by atoms with van der Waals surface area (Å²) in [5.74, 6) is 20.8. The van der Waals surface area contributed by atoms with Gasteiger partial charge in [-0.3, -0.25) is 0 Å². The number of ether oxygens (including phenoxy) is 2. The average molecular weight is 1070 g/mol. The first-order valence-electron chi connectivity index (χ1n) is 24.6. The minimum absolute atomic E-state index is 0.705. The van der Waals surface area contributed by atoms with Gasteiger partial charge in [0.15, 0.2) is 0 Å². The molecule has 0 atom stereocenters. The Morgan fingerprint density at radius 3 is 1.00 bits per heavy atom. The van der Waals surface area contributed by atoms with Crippen LogP contribution in [0, 0.1) is 59.1 Å². The molecular weight excluding hydrogens is 990 g/mol. The van der Waals surface area contributed by atoms with Crippen LogP contribution in [0.2, 0.25) is 8.87 Å². The molecule has 0 heterocycles. The van der Waals surface area contributed by atoms with Gasteiger partial charge in [0.2, 0.25) is 0 Å². The van der Waals surface area contributed by atoms with Gasteiger partial charge in [-0.1, -0.05) is 78.1 Å².